The van der Waals surface area contributed by atoms with Gasteiger partial charge in [0.05, 0.1) is 19.1 Å². The van der Waals surface area contributed by atoms with E-state index in [4.69, 9.17) is 25.8 Å². The summed E-state index contributed by atoms with van der Waals surface area (Å²) in [5, 5.41) is 0. The van der Waals surface area contributed by atoms with E-state index in [2.05, 4.69) is 0 Å². The second kappa shape index (κ2) is 7.36. The minimum atomic E-state index is 0.406. The molecular formula is C12H17ClO3. The van der Waals surface area contributed by atoms with Gasteiger partial charge in [-0.3, -0.25) is 0 Å². The molecule has 4 heteroatoms. The largest absolute Gasteiger partial charge is 0.490 e. The Bertz CT molecular complexity index is 315. The summed E-state index contributed by atoms with van der Waals surface area (Å²) in [5.41, 5.74) is 0.934. The molecule has 0 heterocycles. The third kappa shape index (κ3) is 3.58. The van der Waals surface area contributed by atoms with E-state index in [0.717, 1.165) is 17.1 Å². The summed E-state index contributed by atoms with van der Waals surface area (Å²) in [6.07, 6.45) is 0. The molecule has 0 N–H and O–H groups in total. The zero-order valence-corrected chi connectivity index (χ0v) is 10.4. The molecule has 1 rings (SSSR count). The smallest absolute Gasteiger partial charge is 0.165 e. The van der Waals surface area contributed by atoms with Gasteiger partial charge in [-0.25, -0.2) is 0 Å². The predicted octanol–water partition coefficient (Wildman–Crippen LogP) is 2.85. The van der Waals surface area contributed by atoms with E-state index in [1.165, 1.54) is 0 Å². The first-order valence-corrected chi connectivity index (χ1v) is 5.79. The lowest BCUT2D eigenvalue weighted by Crippen LogP contribution is -2.07. The molecule has 0 amide bonds. The molecule has 0 aliphatic carbocycles. The molecule has 1 aromatic carbocycles. The van der Waals surface area contributed by atoms with Crippen LogP contribution in [0, 0.1) is 0 Å². The highest BCUT2D eigenvalue weighted by Gasteiger charge is 2.09. The standard InChI is InChI=1S/C12H17ClO3/c1-3-15-11-6-4-5-10(9-13)12(11)16-8-7-14-2/h4-6H,3,7-9H2,1-2H3. The fraction of sp³-hybridized carbons (Fsp3) is 0.500. The van der Waals surface area contributed by atoms with Gasteiger partial charge >= 0.3 is 0 Å². The summed E-state index contributed by atoms with van der Waals surface area (Å²) in [4.78, 5) is 0. The van der Waals surface area contributed by atoms with Crippen LogP contribution in [0.5, 0.6) is 11.5 Å². The third-order valence-electron chi connectivity index (χ3n) is 2.04. The van der Waals surface area contributed by atoms with Gasteiger partial charge in [0.25, 0.3) is 0 Å². The molecule has 0 aliphatic heterocycles. The Labute approximate surface area is 101 Å². The highest BCUT2D eigenvalue weighted by atomic mass is 35.5. The zero-order valence-electron chi connectivity index (χ0n) is 9.66. The van der Waals surface area contributed by atoms with Crippen molar-refractivity contribution >= 4 is 11.6 Å². The van der Waals surface area contributed by atoms with Crippen molar-refractivity contribution in [2.75, 3.05) is 26.9 Å². The lowest BCUT2D eigenvalue weighted by Gasteiger charge is -2.14. The summed E-state index contributed by atoms with van der Waals surface area (Å²) < 4.78 is 16.0. The second-order valence-corrected chi connectivity index (χ2v) is 3.42. The Balaban J connectivity index is 2.81. The van der Waals surface area contributed by atoms with Gasteiger partial charge in [-0.1, -0.05) is 12.1 Å². The Morgan fingerprint density at radius 1 is 1.19 bits per heavy atom. The van der Waals surface area contributed by atoms with Crippen LogP contribution in [0.4, 0.5) is 0 Å². The van der Waals surface area contributed by atoms with Gasteiger partial charge in [-0.2, -0.15) is 0 Å². The Kier molecular flexibility index (Phi) is 6.04. The lowest BCUT2D eigenvalue weighted by molar-refractivity contribution is 0.143. The Morgan fingerprint density at radius 2 is 2.00 bits per heavy atom. The van der Waals surface area contributed by atoms with Gasteiger partial charge in [0.15, 0.2) is 11.5 Å². The SMILES string of the molecule is CCOc1cccc(CCl)c1OCCOC. The maximum atomic E-state index is 5.85. The molecule has 0 unspecified atom stereocenters. The van der Waals surface area contributed by atoms with Crippen LogP contribution in [0.1, 0.15) is 12.5 Å². The van der Waals surface area contributed by atoms with Crippen molar-refractivity contribution in [2.45, 2.75) is 12.8 Å². The van der Waals surface area contributed by atoms with Crippen LogP contribution in [0.25, 0.3) is 0 Å². The van der Waals surface area contributed by atoms with Crippen molar-refractivity contribution in [2.24, 2.45) is 0 Å². The number of benzene rings is 1. The molecule has 3 nitrogen and oxygen atoms in total. The van der Waals surface area contributed by atoms with Crippen LogP contribution < -0.4 is 9.47 Å². The molecule has 0 radical (unpaired) electrons. The summed E-state index contributed by atoms with van der Waals surface area (Å²) in [5.74, 6) is 1.86. The van der Waals surface area contributed by atoms with E-state index in [1.807, 2.05) is 25.1 Å². The molecular weight excluding hydrogens is 228 g/mol. The normalized spacial score (nSPS) is 10.2. The molecule has 0 fully saturated rings. The van der Waals surface area contributed by atoms with E-state index in [1.54, 1.807) is 7.11 Å². The Hall–Kier alpha value is -0.930. The number of methoxy groups -OCH3 is 1. The number of para-hydroxylation sites is 1. The van der Waals surface area contributed by atoms with E-state index in [-0.39, 0.29) is 0 Å². The monoisotopic (exact) mass is 244 g/mol. The van der Waals surface area contributed by atoms with E-state index in [0.29, 0.717) is 25.7 Å². The lowest BCUT2D eigenvalue weighted by atomic mass is 10.2. The van der Waals surface area contributed by atoms with E-state index in [9.17, 15) is 0 Å². The minimum Gasteiger partial charge on any atom is -0.490 e. The minimum absolute atomic E-state index is 0.406. The molecule has 90 valence electrons. The summed E-state index contributed by atoms with van der Waals surface area (Å²) >= 11 is 5.85. The average molecular weight is 245 g/mol. The van der Waals surface area contributed by atoms with Crippen LogP contribution in [-0.4, -0.2) is 26.9 Å². The van der Waals surface area contributed by atoms with Gasteiger partial charge in [-0.05, 0) is 13.0 Å². The van der Waals surface area contributed by atoms with Gasteiger partial charge in [-0.15, -0.1) is 11.6 Å². The first-order valence-electron chi connectivity index (χ1n) is 5.25. The summed E-state index contributed by atoms with van der Waals surface area (Å²) in [6.45, 7) is 3.57. The topological polar surface area (TPSA) is 27.7 Å². The van der Waals surface area contributed by atoms with Crippen molar-refractivity contribution in [3.8, 4) is 11.5 Å². The van der Waals surface area contributed by atoms with Crippen LogP contribution in [0.2, 0.25) is 0 Å². The number of hydrogen-bond donors (Lipinski definition) is 0. The maximum absolute atomic E-state index is 5.85. The molecule has 0 saturated heterocycles. The molecule has 1 aromatic rings. The van der Waals surface area contributed by atoms with E-state index < -0.39 is 0 Å². The number of halogens is 1. The van der Waals surface area contributed by atoms with Gasteiger partial charge < -0.3 is 14.2 Å². The third-order valence-corrected chi connectivity index (χ3v) is 2.33. The van der Waals surface area contributed by atoms with Crippen LogP contribution >= 0.6 is 11.6 Å². The molecule has 0 atom stereocenters. The quantitative estimate of drug-likeness (QED) is 0.545. The van der Waals surface area contributed by atoms with Crippen molar-refractivity contribution in [3.63, 3.8) is 0 Å². The predicted molar refractivity (Wildman–Crippen MR) is 64.5 cm³/mol. The van der Waals surface area contributed by atoms with Gasteiger partial charge in [0.2, 0.25) is 0 Å². The number of ether oxygens (including phenoxy) is 3. The second-order valence-electron chi connectivity index (χ2n) is 3.15. The number of hydrogen-bond acceptors (Lipinski definition) is 3. The van der Waals surface area contributed by atoms with Gasteiger partial charge in [0, 0.05) is 12.7 Å². The Morgan fingerprint density at radius 3 is 2.62 bits per heavy atom. The maximum Gasteiger partial charge on any atom is 0.165 e. The number of rotatable bonds is 7. The number of alkyl halides is 1. The summed E-state index contributed by atoms with van der Waals surface area (Å²) in [6, 6.07) is 5.71. The molecule has 0 aliphatic rings. The van der Waals surface area contributed by atoms with Crippen LogP contribution in [0.15, 0.2) is 18.2 Å². The fourth-order valence-electron chi connectivity index (χ4n) is 1.33. The first kappa shape index (κ1) is 13.1. The van der Waals surface area contributed by atoms with Crippen molar-refractivity contribution in [1.29, 1.82) is 0 Å². The molecule has 0 aromatic heterocycles. The van der Waals surface area contributed by atoms with Crippen molar-refractivity contribution in [1.82, 2.24) is 0 Å². The highest BCUT2D eigenvalue weighted by Crippen LogP contribution is 2.32. The zero-order chi connectivity index (χ0) is 11.8. The summed E-state index contributed by atoms with van der Waals surface area (Å²) in [7, 11) is 1.64. The van der Waals surface area contributed by atoms with Crippen molar-refractivity contribution in [3.05, 3.63) is 23.8 Å². The highest BCUT2D eigenvalue weighted by molar-refractivity contribution is 6.17. The van der Waals surface area contributed by atoms with Crippen molar-refractivity contribution < 1.29 is 14.2 Å². The van der Waals surface area contributed by atoms with E-state index >= 15 is 0 Å². The molecule has 0 spiro atoms. The molecule has 0 saturated carbocycles. The molecule has 16 heavy (non-hydrogen) atoms. The van der Waals surface area contributed by atoms with Crippen LogP contribution in [-0.2, 0) is 10.6 Å². The molecule has 0 bridgehead atoms. The van der Waals surface area contributed by atoms with Gasteiger partial charge in [0.1, 0.15) is 6.61 Å². The first-order chi connectivity index (χ1) is 7.83. The average Bonchev–Trinajstić information content (AvgIpc) is 2.31. The van der Waals surface area contributed by atoms with Crippen LogP contribution in [0.3, 0.4) is 0 Å². The fourth-order valence-corrected chi connectivity index (χ4v) is 1.54.